The molecule has 0 saturated carbocycles. The van der Waals surface area contributed by atoms with Gasteiger partial charge in [-0.3, -0.25) is 4.79 Å². The van der Waals surface area contributed by atoms with Gasteiger partial charge >= 0.3 is 0 Å². The van der Waals surface area contributed by atoms with Gasteiger partial charge in [0.25, 0.3) is 0 Å². The van der Waals surface area contributed by atoms with Gasteiger partial charge in [0.05, 0.1) is 5.54 Å². The van der Waals surface area contributed by atoms with E-state index in [1.54, 1.807) is 0 Å². The average molecular weight is 214 g/mol. The fourth-order valence-electron chi connectivity index (χ4n) is 1.60. The van der Waals surface area contributed by atoms with Gasteiger partial charge < -0.3 is 11.1 Å². The summed E-state index contributed by atoms with van der Waals surface area (Å²) in [4.78, 5) is 11.4. The first-order valence-electron chi connectivity index (χ1n) is 6.11. The van der Waals surface area contributed by atoms with Crippen LogP contribution < -0.4 is 11.1 Å². The Bertz CT molecular complexity index is 182. The van der Waals surface area contributed by atoms with E-state index in [2.05, 4.69) is 19.2 Å². The summed E-state index contributed by atoms with van der Waals surface area (Å²) >= 11 is 0. The van der Waals surface area contributed by atoms with Crippen molar-refractivity contribution in [1.82, 2.24) is 5.32 Å². The molecule has 0 radical (unpaired) electrons. The van der Waals surface area contributed by atoms with E-state index in [9.17, 15) is 4.79 Å². The highest BCUT2D eigenvalue weighted by Gasteiger charge is 2.28. The van der Waals surface area contributed by atoms with Crippen LogP contribution in [0.4, 0.5) is 0 Å². The molecule has 1 amide bonds. The molecular formula is C12H26N2O. The van der Waals surface area contributed by atoms with E-state index in [4.69, 9.17) is 5.73 Å². The van der Waals surface area contributed by atoms with Crippen molar-refractivity contribution in [2.45, 2.75) is 64.8 Å². The van der Waals surface area contributed by atoms with Crippen LogP contribution in [0.2, 0.25) is 0 Å². The van der Waals surface area contributed by atoms with Crippen LogP contribution in [0.1, 0.15) is 59.3 Å². The van der Waals surface area contributed by atoms with Crippen molar-refractivity contribution in [2.24, 2.45) is 5.73 Å². The number of rotatable bonds is 9. The summed E-state index contributed by atoms with van der Waals surface area (Å²) in [7, 11) is 0. The Labute approximate surface area is 93.8 Å². The van der Waals surface area contributed by atoms with Gasteiger partial charge in [0.15, 0.2) is 0 Å². The van der Waals surface area contributed by atoms with E-state index in [0.717, 1.165) is 25.8 Å². The molecule has 1 unspecified atom stereocenters. The van der Waals surface area contributed by atoms with Crippen LogP contribution in [0.15, 0.2) is 0 Å². The van der Waals surface area contributed by atoms with Crippen LogP contribution in [-0.2, 0) is 4.79 Å². The zero-order chi connectivity index (χ0) is 11.7. The minimum absolute atomic E-state index is 0.229. The zero-order valence-electron chi connectivity index (χ0n) is 10.4. The van der Waals surface area contributed by atoms with Crippen molar-refractivity contribution in [3.63, 3.8) is 0 Å². The topological polar surface area (TPSA) is 55.1 Å². The van der Waals surface area contributed by atoms with Crippen LogP contribution in [-0.4, -0.2) is 18.0 Å². The monoisotopic (exact) mass is 214 g/mol. The van der Waals surface area contributed by atoms with Crippen LogP contribution in [0.25, 0.3) is 0 Å². The Morgan fingerprint density at radius 3 is 2.33 bits per heavy atom. The molecule has 0 aliphatic rings. The summed E-state index contributed by atoms with van der Waals surface area (Å²) in [5, 5.41) is 3.25. The molecule has 0 aliphatic heterocycles. The van der Waals surface area contributed by atoms with Crippen LogP contribution in [0, 0.1) is 0 Å². The molecule has 0 aliphatic carbocycles. The number of nitrogens with two attached hydrogens (primary N) is 1. The molecule has 1 atom stereocenters. The lowest BCUT2D eigenvalue weighted by Gasteiger charge is -2.27. The maximum atomic E-state index is 11.4. The van der Waals surface area contributed by atoms with E-state index >= 15 is 0 Å². The SMILES string of the molecule is CCCCCCC(C)(NCCC)C(N)=O. The molecule has 90 valence electrons. The third-order valence-corrected chi connectivity index (χ3v) is 2.84. The standard InChI is InChI=1S/C12H26N2O/c1-4-6-7-8-9-12(3,11(13)15)14-10-5-2/h14H,4-10H2,1-3H3,(H2,13,15). The van der Waals surface area contributed by atoms with Gasteiger partial charge in [0, 0.05) is 0 Å². The molecule has 15 heavy (non-hydrogen) atoms. The maximum Gasteiger partial charge on any atom is 0.237 e. The molecule has 0 saturated heterocycles. The molecule has 0 spiro atoms. The van der Waals surface area contributed by atoms with Crippen LogP contribution in [0.3, 0.4) is 0 Å². The predicted octanol–water partition coefficient (Wildman–Crippen LogP) is 2.20. The van der Waals surface area contributed by atoms with Crippen molar-refractivity contribution in [3.05, 3.63) is 0 Å². The van der Waals surface area contributed by atoms with Gasteiger partial charge in [-0.25, -0.2) is 0 Å². The van der Waals surface area contributed by atoms with Crippen molar-refractivity contribution in [3.8, 4) is 0 Å². The number of carbonyl (C=O) groups is 1. The lowest BCUT2D eigenvalue weighted by molar-refractivity contribution is -0.124. The Morgan fingerprint density at radius 1 is 1.20 bits per heavy atom. The fraction of sp³-hybridized carbons (Fsp3) is 0.917. The summed E-state index contributed by atoms with van der Waals surface area (Å²) in [5.41, 5.74) is 4.91. The number of hydrogen-bond donors (Lipinski definition) is 2. The first-order chi connectivity index (χ1) is 7.06. The lowest BCUT2D eigenvalue weighted by Crippen LogP contribution is -2.53. The molecule has 0 bridgehead atoms. The molecule has 0 aromatic heterocycles. The molecular weight excluding hydrogens is 188 g/mol. The second-order valence-corrected chi connectivity index (χ2v) is 4.43. The fourth-order valence-corrected chi connectivity index (χ4v) is 1.60. The third kappa shape index (κ3) is 5.78. The first-order valence-corrected chi connectivity index (χ1v) is 6.11. The Balaban J connectivity index is 3.96. The molecule has 3 N–H and O–H groups in total. The Morgan fingerprint density at radius 2 is 1.87 bits per heavy atom. The smallest absolute Gasteiger partial charge is 0.237 e. The highest BCUT2D eigenvalue weighted by molar-refractivity contribution is 5.84. The van der Waals surface area contributed by atoms with Gasteiger partial charge in [-0.1, -0.05) is 39.5 Å². The Hall–Kier alpha value is -0.570. The lowest BCUT2D eigenvalue weighted by atomic mass is 9.93. The largest absolute Gasteiger partial charge is 0.368 e. The van der Waals surface area contributed by atoms with Gasteiger partial charge in [-0.2, -0.15) is 0 Å². The molecule has 3 heteroatoms. The highest BCUT2D eigenvalue weighted by Crippen LogP contribution is 2.15. The van der Waals surface area contributed by atoms with Gasteiger partial charge in [-0.15, -0.1) is 0 Å². The molecule has 0 rings (SSSR count). The maximum absolute atomic E-state index is 11.4. The van der Waals surface area contributed by atoms with E-state index in [1.807, 2.05) is 6.92 Å². The number of unbranched alkanes of at least 4 members (excludes halogenated alkanes) is 3. The van der Waals surface area contributed by atoms with E-state index < -0.39 is 5.54 Å². The van der Waals surface area contributed by atoms with Crippen LogP contribution >= 0.6 is 0 Å². The minimum Gasteiger partial charge on any atom is -0.368 e. The van der Waals surface area contributed by atoms with Crippen molar-refractivity contribution in [2.75, 3.05) is 6.54 Å². The molecule has 0 aromatic carbocycles. The first kappa shape index (κ1) is 14.4. The summed E-state index contributed by atoms with van der Waals surface area (Å²) in [6.45, 7) is 7.04. The van der Waals surface area contributed by atoms with Gasteiger partial charge in [0.1, 0.15) is 0 Å². The zero-order valence-corrected chi connectivity index (χ0v) is 10.4. The number of carbonyl (C=O) groups excluding carboxylic acids is 1. The molecule has 0 heterocycles. The van der Waals surface area contributed by atoms with Gasteiger partial charge in [-0.05, 0) is 26.3 Å². The van der Waals surface area contributed by atoms with Crippen molar-refractivity contribution >= 4 is 5.91 Å². The second-order valence-electron chi connectivity index (χ2n) is 4.43. The average Bonchev–Trinajstić information content (AvgIpc) is 2.21. The molecule has 0 fully saturated rings. The third-order valence-electron chi connectivity index (χ3n) is 2.84. The van der Waals surface area contributed by atoms with E-state index in [-0.39, 0.29) is 5.91 Å². The predicted molar refractivity (Wildman–Crippen MR) is 64.7 cm³/mol. The molecule has 3 nitrogen and oxygen atoms in total. The second kappa shape index (κ2) is 7.69. The van der Waals surface area contributed by atoms with E-state index in [0.29, 0.717) is 0 Å². The normalized spacial score (nSPS) is 14.9. The summed E-state index contributed by atoms with van der Waals surface area (Å²) in [6, 6.07) is 0. The van der Waals surface area contributed by atoms with Crippen molar-refractivity contribution in [1.29, 1.82) is 0 Å². The summed E-state index contributed by atoms with van der Waals surface area (Å²) < 4.78 is 0. The minimum atomic E-state index is -0.510. The van der Waals surface area contributed by atoms with Crippen LogP contribution in [0.5, 0.6) is 0 Å². The Kier molecular flexibility index (Phi) is 7.39. The quantitative estimate of drug-likeness (QED) is 0.578. The number of hydrogen-bond acceptors (Lipinski definition) is 2. The summed E-state index contributed by atoms with van der Waals surface area (Å²) in [6.07, 6.45) is 6.59. The highest BCUT2D eigenvalue weighted by atomic mass is 16.1. The summed E-state index contributed by atoms with van der Waals surface area (Å²) in [5.74, 6) is -0.229. The van der Waals surface area contributed by atoms with E-state index in [1.165, 1.54) is 19.3 Å². The van der Waals surface area contributed by atoms with Gasteiger partial charge in [0.2, 0.25) is 5.91 Å². The number of nitrogens with one attached hydrogen (secondary N) is 1. The number of amides is 1. The number of primary amides is 1. The van der Waals surface area contributed by atoms with Crippen molar-refractivity contribution < 1.29 is 4.79 Å². The molecule has 0 aromatic rings.